The van der Waals surface area contributed by atoms with Crippen LogP contribution in [0.5, 0.6) is 0 Å². The second kappa shape index (κ2) is 5.11. The molecule has 1 heterocycles. The van der Waals surface area contributed by atoms with Gasteiger partial charge in [-0.2, -0.15) is 8.78 Å². The molecule has 0 saturated heterocycles. The van der Waals surface area contributed by atoms with Crippen LogP contribution in [0.3, 0.4) is 0 Å². The molecule has 0 saturated carbocycles. The summed E-state index contributed by atoms with van der Waals surface area (Å²) in [5.41, 5.74) is 1.17. The van der Waals surface area contributed by atoms with Crippen LogP contribution in [0.4, 0.5) is 17.6 Å². The minimum atomic E-state index is -4.67. The van der Waals surface area contributed by atoms with Crippen molar-refractivity contribution in [2.75, 3.05) is 0 Å². The van der Waals surface area contributed by atoms with E-state index >= 15 is 0 Å². The molecule has 1 amide bonds. The van der Waals surface area contributed by atoms with Gasteiger partial charge in [0.2, 0.25) is 0 Å². The summed E-state index contributed by atoms with van der Waals surface area (Å²) in [5.74, 6) is -6.66. The zero-order valence-corrected chi connectivity index (χ0v) is 8.88. The second-order valence-electron chi connectivity index (χ2n) is 3.41. The molecule has 1 N–H and O–H groups in total. The van der Waals surface area contributed by atoms with E-state index in [1.54, 1.807) is 24.4 Å². The number of halogens is 4. The van der Waals surface area contributed by atoms with Crippen molar-refractivity contribution in [1.29, 1.82) is 0 Å². The van der Waals surface area contributed by atoms with Gasteiger partial charge in [-0.05, 0) is 18.6 Å². The number of aryl methyl sites for hydroxylation is 1. The highest BCUT2D eigenvalue weighted by atomic mass is 19.3. The topological polar surface area (TPSA) is 42.0 Å². The van der Waals surface area contributed by atoms with Gasteiger partial charge in [0.1, 0.15) is 0 Å². The van der Waals surface area contributed by atoms with E-state index in [4.69, 9.17) is 0 Å². The molecule has 0 spiro atoms. The number of nitrogens with one attached hydrogen (secondary N) is 1. The van der Waals surface area contributed by atoms with Gasteiger partial charge in [0.05, 0.1) is 0 Å². The molecule has 17 heavy (non-hydrogen) atoms. The Hall–Kier alpha value is -1.66. The van der Waals surface area contributed by atoms with Crippen LogP contribution < -0.4 is 5.32 Å². The molecule has 0 atom stereocenters. The zero-order valence-electron chi connectivity index (χ0n) is 8.88. The fourth-order valence-electron chi connectivity index (χ4n) is 1.00. The van der Waals surface area contributed by atoms with Crippen LogP contribution in [0.1, 0.15) is 11.3 Å². The first-order valence-corrected chi connectivity index (χ1v) is 4.70. The van der Waals surface area contributed by atoms with Crippen LogP contribution in [-0.2, 0) is 11.3 Å². The average Bonchev–Trinajstić information content (AvgIpc) is 2.27. The summed E-state index contributed by atoms with van der Waals surface area (Å²) in [6.45, 7) is 1.46. The lowest BCUT2D eigenvalue weighted by molar-refractivity contribution is -0.169. The molecule has 0 bridgehead atoms. The van der Waals surface area contributed by atoms with Gasteiger partial charge >= 0.3 is 12.3 Å². The van der Waals surface area contributed by atoms with Crippen LogP contribution in [0.25, 0.3) is 0 Å². The summed E-state index contributed by atoms with van der Waals surface area (Å²) in [5, 5.41) is 1.73. The third kappa shape index (κ3) is 3.40. The lowest BCUT2D eigenvalue weighted by Gasteiger charge is -2.14. The number of pyridine rings is 1. The minimum absolute atomic E-state index is 0.269. The van der Waals surface area contributed by atoms with Crippen molar-refractivity contribution in [1.82, 2.24) is 10.3 Å². The predicted molar refractivity (Wildman–Crippen MR) is 51.8 cm³/mol. The zero-order chi connectivity index (χ0) is 13.1. The van der Waals surface area contributed by atoms with Crippen molar-refractivity contribution in [2.24, 2.45) is 0 Å². The van der Waals surface area contributed by atoms with Crippen LogP contribution in [0.15, 0.2) is 18.3 Å². The lowest BCUT2D eigenvalue weighted by Crippen LogP contribution is -2.44. The number of carbonyl (C=O) groups is 1. The van der Waals surface area contributed by atoms with Crippen LogP contribution in [0, 0.1) is 6.92 Å². The van der Waals surface area contributed by atoms with Gasteiger partial charge in [-0.25, -0.2) is 8.78 Å². The van der Waals surface area contributed by atoms with Gasteiger partial charge < -0.3 is 5.32 Å². The first kappa shape index (κ1) is 13.4. The SMILES string of the molecule is Cc1ccc(CNC(=O)C(F)(F)C(F)F)cn1. The normalized spacial score (nSPS) is 11.6. The maximum atomic E-state index is 12.5. The van der Waals surface area contributed by atoms with Gasteiger partial charge in [-0.3, -0.25) is 9.78 Å². The smallest absolute Gasteiger partial charge is 0.347 e. The Kier molecular flexibility index (Phi) is 4.03. The number of carbonyl (C=O) groups excluding carboxylic acids is 1. The number of nitrogens with zero attached hydrogens (tertiary/aromatic N) is 1. The molecule has 0 radical (unpaired) electrons. The quantitative estimate of drug-likeness (QED) is 0.829. The molecule has 0 fully saturated rings. The molecule has 0 aromatic carbocycles. The van der Waals surface area contributed by atoms with Gasteiger partial charge in [0.25, 0.3) is 5.91 Å². The van der Waals surface area contributed by atoms with E-state index in [0.29, 0.717) is 5.56 Å². The molecule has 1 rings (SSSR count). The molecular formula is C10H10F4N2O. The minimum Gasteiger partial charge on any atom is -0.347 e. The van der Waals surface area contributed by atoms with Crippen molar-refractivity contribution in [3.8, 4) is 0 Å². The first-order chi connectivity index (χ1) is 7.84. The van der Waals surface area contributed by atoms with E-state index in [0.717, 1.165) is 5.69 Å². The van der Waals surface area contributed by atoms with E-state index in [-0.39, 0.29) is 6.54 Å². The van der Waals surface area contributed by atoms with Crippen LogP contribution in [0.2, 0.25) is 0 Å². The van der Waals surface area contributed by atoms with Gasteiger partial charge in [-0.1, -0.05) is 6.07 Å². The Morgan fingerprint density at radius 3 is 2.59 bits per heavy atom. The fourth-order valence-corrected chi connectivity index (χ4v) is 1.00. The van der Waals surface area contributed by atoms with E-state index < -0.39 is 18.3 Å². The summed E-state index contributed by atoms with van der Waals surface area (Å²) in [4.78, 5) is 14.7. The third-order valence-corrected chi connectivity index (χ3v) is 2.00. The molecule has 0 aliphatic rings. The molecule has 3 nitrogen and oxygen atoms in total. The molecule has 7 heteroatoms. The lowest BCUT2D eigenvalue weighted by atomic mass is 10.2. The molecule has 1 aromatic heterocycles. The predicted octanol–water partition coefficient (Wildman–Crippen LogP) is 1.91. The Morgan fingerprint density at radius 1 is 1.47 bits per heavy atom. The fraction of sp³-hybridized carbons (Fsp3) is 0.400. The van der Waals surface area contributed by atoms with E-state index in [1.807, 2.05) is 0 Å². The second-order valence-corrected chi connectivity index (χ2v) is 3.41. The van der Waals surface area contributed by atoms with Crippen molar-refractivity contribution in [3.05, 3.63) is 29.6 Å². The van der Waals surface area contributed by atoms with Gasteiger partial charge in [0.15, 0.2) is 0 Å². The highest BCUT2D eigenvalue weighted by molar-refractivity contribution is 5.83. The van der Waals surface area contributed by atoms with Crippen molar-refractivity contribution >= 4 is 5.91 Å². The van der Waals surface area contributed by atoms with E-state index in [2.05, 4.69) is 4.98 Å². The standard InChI is InChI=1S/C10H10F4N2O/c1-6-2-3-7(4-15-6)5-16-9(17)10(13,14)8(11)12/h2-4,8H,5H2,1H3,(H,16,17). The number of amides is 1. The Labute approximate surface area is 94.8 Å². The van der Waals surface area contributed by atoms with E-state index in [1.165, 1.54) is 6.20 Å². The molecule has 0 aliphatic heterocycles. The molecule has 94 valence electrons. The Morgan fingerprint density at radius 2 is 2.12 bits per heavy atom. The van der Waals surface area contributed by atoms with Crippen molar-refractivity contribution in [3.63, 3.8) is 0 Å². The van der Waals surface area contributed by atoms with Crippen molar-refractivity contribution in [2.45, 2.75) is 25.8 Å². The summed E-state index contributed by atoms with van der Waals surface area (Å²) < 4.78 is 48.7. The molecule has 0 aliphatic carbocycles. The monoisotopic (exact) mass is 250 g/mol. The summed E-state index contributed by atoms with van der Waals surface area (Å²) in [7, 11) is 0. The van der Waals surface area contributed by atoms with Gasteiger partial charge in [-0.15, -0.1) is 0 Å². The summed E-state index contributed by atoms with van der Waals surface area (Å²) in [6, 6.07) is 3.18. The van der Waals surface area contributed by atoms with Gasteiger partial charge in [0, 0.05) is 18.4 Å². The number of aromatic nitrogens is 1. The van der Waals surface area contributed by atoms with Crippen LogP contribution >= 0.6 is 0 Å². The van der Waals surface area contributed by atoms with Crippen LogP contribution in [-0.4, -0.2) is 23.2 Å². The number of rotatable bonds is 4. The number of hydrogen-bond acceptors (Lipinski definition) is 2. The maximum absolute atomic E-state index is 12.5. The molecule has 1 aromatic rings. The summed E-state index contributed by atoms with van der Waals surface area (Å²) >= 11 is 0. The Bertz CT molecular complexity index is 392. The summed E-state index contributed by atoms with van der Waals surface area (Å²) in [6.07, 6.45) is -2.64. The molecule has 0 unspecified atom stereocenters. The largest absolute Gasteiger partial charge is 0.383 e. The maximum Gasteiger partial charge on any atom is 0.383 e. The Balaban J connectivity index is 2.57. The highest BCUT2D eigenvalue weighted by Crippen LogP contribution is 2.22. The third-order valence-electron chi connectivity index (χ3n) is 2.00. The number of hydrogen-bond donors (Lipinski definition) is 1. The highest BCUT2D eigenvalue weighted by Gasteiger charge is 2.48. The van der Waals surface area contributed by atoms with Crippen molar-refractivity contribution < 1.29 is 22.4 Å². The average molecular weight is 250 g/mol. The molecular weight excluding hydrogens is 240 g/mol. The first-order valence-electron chi connectivity index (χ1n) is 4.70. The number of alkyl halides is 4. The van der Waals surface area contributed by atoms with E-state index in [9.17, 15) is 22.4 Å².